The number of ether oxygens (including phenoxy) is 1. The van der Waals surface area contributed by atoms with E-state index in [0.717, 1.165) is 45.1 Å². The second-order valence-electron chi connectivity index (χ2n) is 4.13. The number of nitrogens with one attached hydrogen (secondary N) is 1. The second kappa shape index (κ2) is 6.57. The van der Waals surface area contributed by atoms with Gasteiger partial charge in [-0.1, -0.05) is 23.2 Å². The van der Waals surface area contributed by atoms with Crippen LogP contribution in [-0.2, 0) is 4.74 Å². The number of hydrogen-bond acceptors (Lipinski definition) is 3. The lowest BCUT2D eigenvalue weighted by Gasteiger charge is -2.26. The van der Waals surface area contributed by atoms with Crippen LogP contribution < -0.4 is 5.32 Å². The van der Waals surface area contributed by atoms with Gasteiger partial charge in [0, 0.05) is 31.9 Å². The molecule has 1 aliphatic rings. The average molecular weight is 293 g/mol. The van der Waals surface area contributed by atoms with Crippen molar-refractivity contribution in [3.05, 3.63) is 28.0 Å². The Morgan fingerprint density at radius 1 is 1.22 bits per heavy atom. The van der Waals surface area contributed by atoms with Gasteiger partial charge in [-0.15, -0.1) is 0 Å². The first-order valence-electron chi connectivity index (χ1n) is 5.85. The SMILES string of the molecule is Fc1c(Cl)cc(NCCN2CCOCC2)cc1Cl. The molecule has 0 saturated carbocycles. The van der Waals surface area contributed by atoms with Crippen LogP contribution in [0.25, 0.3) is 0 Å². The molecule has 1 saturated heterocycles. The molecule has 100 valence electrons. The van der Waals surface area contributed by atoms with Gasteiger partial charge in [-0.05, 0) is 12.1 Å². The van der Waals surface area contributed by atoms with E-state index >= 15 is 0 Å². The molecular weight excluding hydrogens is 278 g/mol. The third-order valence-electron chi connectivity index (χ3n) is 2.84. The van der Waals surface area contributed by atoms with Gasteiger partial charge in [-0.2, -0.15) is 0 Å². The zero-order valence-electron chi connectivity index (χ0n) is 9.89. The highest BCUT2D eigenvalue weighted by molar-refractivity contribution is 6.35. The lowest BCUT2D eigenvalue weighted by atomic mass is 10.3. The van der Waals surface area contributed by atoms with Crippen molar-refractivity contribution >= 4 is 28.9 Å². The fourth-order valence-corrected chi connectivity index (χ4v) is 2.33. The zero-order valence-corrected chi connectivity index (χ0v) is 11.4. The molecule has 1 aliphatic heterocycles. The quantitative estimate of drug-likeness (QED) is 0.864. The number of rotatable bonds is 4. The normalized spacial score (nSPS) is 16.8. The van der Waals surface area contributed by atoms with Crippen LogP contribution in [0.1, 0.15) is 0 Å². The van der Waals surface area contributed by atoms with Crippen molar-refractivity contribution in [2.75, 3.05) is 44.7 Å². The second-order valence-corrected chi connectivity index (χ2v) is 4.95. The number of benzene rings is 1. The molecule has 0 radical (unpaired) electrons. The van der Waals surface area contributed by atoms with Crippen LogP contribution >= 0.6 is 23.2 Å². The molecule has 0 bridgehead atoms. The van der Waals surface area contributed by atoms with Crippen molar-refractivity contribution in [1.29, 1.82) is 0 Å². The Balaban J connectivity index is 1.82. The Morgan fingerprint density at radius 3 is 2.44 bits per heavy atom. The van der Waals surface area contributed by atoms with E-state index in [4.69, 9.17) is 27.9 Å². The Bertz CT molecular complexity index is 388. The smallest absolute Gasteiger partial charge is 0.160 e. The van der Waals surface area contributed by atoms with Gasteiger partial charge in [0.15, 0.2) is 5.82 Å². The maximum Gasteiger partial charge on any atom is 0.160 e. The summed E-state index contributed by atoms with van der Waals surface area (Å²) in [6.07, 6.45) is 0. The fraction of sp³-hybridized carbons (Fsp3) is 0.500. The molecule has 1 N–H and O–H groups in total. The van der Waals surface area contributed by atoms with Crippen LogP contribution in [0.5, 0.6) is 0 Å². The van der Waals surface area contributed by atoms with Crippen molar-refractivity contribution < 1.29 is 9.13 Å². The highest BCUT2D eigenvalue weighted by Crippen LogP contribution is 2.27. The van der Waals surface area contributed by atoms with E-state index in [1.165, 1.54) is 0 Å². The van der Waals surface area contributed by atoms with E-state index in [-0.39, 0.29) is 10.0 Å². The highest BCUT2D eigenvalue weighted by atomic mass is 35.5. The van der Waals surface area contributed by atoms with E-state index in [1.54, 1.807) is 12.1 Å². The molecule has 1 heterocycles. The Kier molecular flexibility index (Phi) is 5.06. The predicted octanol–water partition coefficient (Wildman–Crippen LogP) is 2.88. The van der Waals surface area contributed by atoms with E-state index < -0.39 is 5.82 Å². The van der Waals surface area contributed by atoms with E-state index in [1.807, 2.05) is 0 Å². The van der Waals surface area contributed by atoms with Gasteiger partial charge in [-0.3, -0.25) is 4.90 Å². The molecule has 2 rings (SSSR count). The number of morpholine rings is 1. The summed E-state index contributed by atoms with van der Waals surface area (Å²) in [6, 6.07) is 3.09. The number of anilines is 1. The molecule has 6 heteroatoms. The molecule has 0 unspecified atom stereocenters. The first-order chi connectivity index (χ1) is 8.66. The summed E-state index contributed by atoms with van der Waals surface area (Å²) in [6.45, 7) is 5.15. The first-order valence-corrected chi connectivity index (χ1v) is 6.61. The summed E-state index contributed by atoms with van der Waals surface area (Å²) in [5.74, 6) is -0.572. The van der Waals surface area contributed by atoms with Crippen LogP contribution in [-0.4, -0.2) is 44.3 Å². The molecule has 18 heavy (non-hydrogen) atoms. The van der Waals surface area contributed by atoms with Gasteiger partial charge in [0.1, 0.15) is 0 Å². The molecular formula is C12H15Cl2FN2O. The van der Waals surface area contributed by atoms with Crippen LogP contribution in [0, 0.1) is 5.82 Å². The number of nitrogens with zero attached hydrogens (tertiary/aromatic N) is 1. The molecule has 1 fully saturated rings. The Labute approximate surface area is 116 Å². The first kappa shape index (κ1) is 13.9. The highest BCUT2D eigenvalue weighted by Gasteiger charge is 2.10. The van der Waals surface area contributed by atoms with Gasteiger partial charge in [0.05, 0.1) is 23.3 Å². The zero-order chi connectivity index (χ0) is 13.0. The van der Waals surface area contributed by atoms with Crippen molar-refractivity contribution in [3.63, 3.8) is 0 Å². The van der Waals surface area contributed by atoms with Gasteiger partial charge in [-0.25, -0.2) is 4.39 Å². The fourth-order valence-electron chi connectivity index (χ4n) is 1.84. The topological polar surface area (TPSA) is 24.5 Å². The summed E-state index contributed by atoms with van der Waals surface area (Å²) in [7, 11) is 0. The molecule has 0 amide bonds. The molecule has 1 aromatic carbocycles. The number of hydrogen-bond donors (Lipinski definition) is 1. The van der Waals surface area contributed by atoms with Crippen molar-refractivity contribution in [3.8, 4) is 0 Å². The molecule has 0 spiro atoms. The van der Waals surface area contributed by atoms with Gasteiger partial charge in [0.25, 0.3) is 0 Å². The maximum atomic E-state index is 13.2. The maximum absolute atomic E-state index is 13.2. The van der Waals surface area contributed by atoms with E-state index in [2.05, 4.69) is 10.2 Å². The summed E-state index contributed by atoms with van der Waals surface area (Å²) in [4.78, 5) is 2.31. The standard InChI is InChI=1S/C12H15Cl2FN2O/c13-10-7-9(8-11(14)12(10)15)16-1-2-17-3-5-18-6-4-17/h7-8,16H,1-6H2. The average Bonchev–Trinajstić information content (AvgIpc) is 2.37. The van der Waals surface area contributed by atoms with Crippen LogP contribution in [0.2, 0.25) is 10.0 Å². The summed E-state index contributed by atoms with van der Waals surface area (Å²) >= 11 is 11.4. The summed E-state index contributed by atoms with van der Waals surface area (Å²) in [5.41, 5.74) is 0.736. The van der Waals surface area contributed by atoms with Crippen molar-refractivity contribution in [1.82, 2.24) is 4.90 Å². The lowest BCUT2D eigenvalue weighted by Crippen LogP contribution is -2.39. The van der Waals surface area contributed by atoms with E-state index in [9.17, 15) is 4.39 Å². The third-order valence-corrected chi connectivity index (χ3v) is 3.39. The molecule has 0 atom stereocenters. The number of halogens is 3. The lowest BCUT2D eigenvalue weighted by molar-refractivity contribution is 0.0398. The van der Waals surface area contributed by atoms with Gasteiger partial charge in [0.2, 0.25) is 0 Å². The molecule has 3 nitrogen and oxygen atoms in total. The van der Waals surface area contributed by atoms with Crippen LogP contribution in [0.3, 0.4) is 0 Å². The van der Waals surface area contributed by atoms with Gasteiger partial charge >= 0.3 is 0 Å². The molecule has 0 aliphatic carbocycles. The minimum absolute atomic E-state index is 0.0383. The van der Waals surface area contributed by atoms with Crippen molar-refractivity contribution in [2.45, 2.75) is 0 Å². The Morgan fingerprint density at radius 2 is 1.83 bits per heavy atom. The van der Waals surface area contributed by atoms with E-state index in [0.29, 0.717) is 0 Å². The van der Waals surface area contributed by atoms with Crippen LogP contribution in [0.15, 0.2) is 12.1 Å². The minimum atomic E-state index is -0.572. The van der Waals surface area contributed by atoms with Crippen LogP contribution in [0.4, 0.5) is 10.1 Å². The molecule has 0 aromatic heterocycles. The van der Waals surface area contributed by atoms with Gasteiger partial charge < -0.3 is 10.1 Å². The predicted molar refractivity (Wildman–Crippen MR) is 72.2 cm³/mol. The summed E-state index contributed by atoms with van der Waals surface area (Å²) < 4.78 is 18.5. The Hall–Kier alpha value is -0.550. The summed E-state index contributed by atoms with van der Waals surface area (Å²) in [5, 5.41) is 3.26. The molecule has 1 aromatic rings. The largest absolute Gasteiger partial charge is 0.384 e. The third kappa shape index (κ3) is 3.72. The minimum Gasteiger partial charge on any atom is -0.384 e. The monoisotopic (exact) mass is 292 g/mol. The van der Waals surface area contributed by atoms with Crippen molar-refractivity contribution in [2.24, 2.45) is 0 Å².